The van der Waals surface area contributed by atoms with E-state index in [0.717, 1.165) is 0 Å². The summed E-state index contributed by atoms with van der Waals surface area (Å²) in [4.78, 5) is 21.6. The summed E-state index contributed by atoms with van der Waals surface area (Å²) in [5, 5.41) is 14.4. The van der Waals surface area contributed by atoms with Gasteiger partial charge >= 0.3 is 5.97 Å². The number of carbonyl (C=O) groups excluding carboxylic acids is 1. The number of rotatable bonds is 5. The van der Waals surface area contributed by atoms with Crippen LogP contribution in [-0.2, 0) is 14.3 Å². The number of carboxylic acids is 1. The smallest absolute Gasteiger partial charge is 0.332 e. The Morgan fingerprint density at radius 1 is 1.69 bits per heavy atom. The summed E-state index contributed by atoms with van der Waals surface area (Å²) >= 11 is 0. The van der Waals surface area contributed by atoms with E-state index in [0.29, 0.717) is 5.69 Å². The van der Waals surface area contributed by atoms with Crippen LogP contribution in [0.25, 0.3) is 0 Å². The highest BCUT2D eigenvalue weighted by Crippen LogP contribution is 2.07. The molecule has 88 valence electrons. The highest BCUT2D eigenvalue weighted by molar-refractivity contribution is 5.90. The second kappa shape index (κ2) is 5.26. The van der Waals surface area contributed by atoms with E-state index in [9.17, 15) is 9.59 Å². The molecule has 2 N–H and O–H groups in total. The van der Waals surface area contributed by atoms with E-state index >= 15 is 0 Å². The molecular weight excluding hydrogens is 216 g/mol. The molecule has 0 spiro atoms. The molecule has 0 saturated heterocycles. The molecule has 1 heterocycles. The molecule has 7 heteroatoms. The van der Waals surface area contributed by atoms with Crippen LogP contribution in [0.4, 0.5) is 5.88 Å². The van der Waals surface area contributed by atoms with Gasteiger partial charge in [-0.25, -0.2) is 4.79 Å². The van der Waals surface area contributed by atoms with Gasteiger partial charge in [0.15, 0.2) is 6.10 Å². The van der Waals surface area contributed by atoms with Crippen LogP contribution in [-0.4, -0.2) is 34.9 Å². The van der Waals surface area contributed by atoms with E-state index in [1.165, 1.54) is 6.92 Å². The standard InChI is InChI=1S/C9H12N2O5/c1-5-3-8(16-11-5)10-7(12)4-15-6(2)9(13)14/h3,6H,4H2,1-2H3,(H,10,12)(H,13,14)/t6-/m0/s1. The molecule has 1 rings (SSSR count). The van der Waals surface area contributed by atoms with Crippen LogP contribution in [0.3, 0.4) is 0 Å². The number of aliphatic carboxylic acids is 1. The summed E-state index contributed by atoms with van der Waals surface area (Å²) in [6.07, 6.45) is -1.03. The highest BCUT2D eigenvalue weighted by Gasteiger charge is 2.14. The van der Waals surface area contributed by atoms with Crippen LogP contribution in [0.5, 0.6) is 0 Å². The average Bonchev–Trinajstić information content (AvgIpc) is 2.60. The Balaban J connectivity index is 2.34. The minimum absolute atomic E-state index is 0.203. The van der Waals surface area contributed by atoms with Crippen molar-refractivity contribution in [3.05, 3.63) is 11.8 Å². The quantitative estimate of drug-likeness (QED) is 0.756. The second-order valence-electron chi connectivity index (χ2n) is 3.17. The van der Waals surface area contributed by atoms with Gasteiger partial charge in [-0.2, -0.15) is 0 Å². The third kappa shape index (κ3) is 3.70. The predicted molar refractivity (Wildman–Crippen MR) is 52.9 cm³/mol. The third-order valence-electron chi connectivity index (χ3n) is 1.70. The molecule has 1 amide bonds. The topological polar surface area (TPSA) is 102 Å². The maximum atomic E-state index is 11.2. The van der Waals surface area contributed by atoms with E-state index in [2.05, 4.69) is 10.5 Å². The molecule has 1 aromatic rings. The number of ether oxygens (including phenoxy) is 1. The van der Waals surface area contributed by atoms with Crippen LogP contribution in [0.2, 0.25) is 0 Å². The largest absolute Gasteiger partial charge is 0.479 e. The van der Waals surface area contributed by atoms with Gasteiger partial charge in [0, 0.05) is 6.07 Å². The SMILES string of the molecule is Cc1cc(NC(=O)CO[C@@H](C)C(=O)O)on1. The van der Waals surface area contributed by atoms with Crippen molar-refractivity contribution >= 4 is 17.8 Å². The first-order valence-electron chi connectivity index (χ1n) is 4.56. The molecule has 0 fully saturated rings. The fourth-order valence-corrected chi connectivity index (χ4v) is 0.868. The summed E-state index contributed by atoms with van der Waals surface area (Å²) in [6, 6.07) is 1.54. The molecule has 1 atom stereocenters. The van der Waals surface area contributed by atoms with Gasteiger partial charge in [-0.15, -0.1) is 0 Å². The summed E-state index contributed by atoms with van der Waals surface area (Å²) in [7, 11) is 0. The van der Waals surface area contributed by atoms with Crippen molar-refractivity contribution in [2.24, 2.45) is 0 Å². The number of carbonyl (C=O) groups is 2. The Kier molecular flexibility index (Phi) is 4.01. The number of carboxylic acid groups (broad SMARTS) is 1. The van der Waals surface area contributed by atoms with Crippen molar-refractivity contribution < 1.29 is 24.0 Å². The molecule has 7 nitrogen and oxygen atoms in total. The highest BCUT2D eigenvalue weighted by atomic mass is 16.5. The molecule has 0 radical (unpaired) electrons. The van der Waals surface area contributed by atoms with E-state index < -0.39 is 18.0 Å². The molecule has 0 aliphatic rings. The number of nitrogens with one attached hydrogen (secondary N) is 1. The Morgan fingerprint density at radius 2 is 2.38 bits per heavy atom. The number of nitrogens with zero attached hydrogens (tertiary/aromatic N) is 1. The van der Waals surface area contributed by atoms with Gasteiger partial charge in [0.05, 0.1) is 5.69 Å². The van der Waals surface area contributed by atoms with E-state index in [4.69, 9.17) is 14.4 Å². The fourth-order valence-electron chi connectivity index (χ4n) is 0.868. The molecule has 0 aromatic carbocycles. The zero-order valence-corrected chi connectivity index (χ0v) is 8.89. The molecule has 16 heavy (non-hydrogen) atoms. The Labute approximate surface area is 91.4 Å². The lowest BCUT2D eigenvalue weighted by Crippen LogP contribution is -2.26. The molecule has 0 unspecified atom stereocenters. The third-order valence-corrected chi connectivity index (χ3v) is 1.70. The maximum Gasteiger partial charge on any atom is 0.332 e. The van der Waals surface area contributed by atoms with Crippen molar-refractivity contribution in [3.63, 3.8) is 0 Å². The number of anilines is 1. The Morgan fingerprint density at radius 3 is 2.88 bits per heavy atom. The van der Waals surface area contributed by atoms with Crippen molar-refractivity contribution in [2.45, 2.75) is 20.0 Å². The number of amides is 1. The van der Waals surface area contributed by atoms with Crippen LogP contribution < -0.4 is 5.32 Å². The van der Waals surface area contributed by atoms with Crippen LogP contribution in [0, 0.1) is 6.92 Å². The van der Waals surface area contributed by atoms with Gasteiger partial charge in [0.2, 0.25) is 5.88 Å². The normalized spacial score (nSPS) is 12.1. The minimum Gasteiger partial charge on any atom is -0.479 e. The maximum absolute atomic E-state index is 11.2. The first kappa shape index (κ1) is 12.2. The van der Waals surface area contributed by atoms with Gasteiger partial charge < -0.3 is 14.4 Å². The van der Waals surface area contributed by atoms with Crippen LogP contribution >= 0.6 is 0 Å². The zero-order valence-electron chi connectivity index (χ0n) is 8.89. The van der Waals surface area contributed by atoms with Gasteiger partial charge in [-0.05, 0) is 13.8 Å². The summed E-state index contributed by atoms with van der Waals surface area (Å²) in [5.74, 6) is -1.42. The van der Waals surface area contributed by atoms with Gasteiger partial charge in [-0.1, -0.05) is 5.16 Å². The van der Waals surface area contributed by atoms with Gasteiger partial charge in [0.1, 0.15) is 6.61 Å². The average molecular weight is 228 g/mol. The molecule has 0 bridgehead atoms. The van der Waals surface area contributed by atoms with Crippen molar-refractivity contribution in [3.8, 4) is 0 Å². The molecule has 0 aliphatic carbocycles. The molecule has 0 aliphatic heterocycles. The number of aromatic nitrogens is 1. The molecular formula is C9H12N2O5. The predicted octanol–water partition coefficient (Wildman–Crippen LogP) is 0.411. The van der Waals surface area contributed by atoms with Crippen molar-refractivity contribution in [1.82, 2.24) is 5.16 Å². The lowest BCUT2D eigenvalue weighted by molar-refractivity contribution is -0.150. The van der Waals surface area contributed by atoms with E-state index in [1.54, 1.807) is 13.0 Å². The fraction of sp³-hybridized carbons (Fsp3) is 0.444. The summed E-state index contributed by atoms with van der Waals surface area (Å²) < 4.78 is 9.51. The van der Waals surface area contributed by atoms with Crippen LogP contribution in [0.1, 0.15) is 12.6 Å². The van der Waals surface area contributed by atoms with Gasteiger partial charge in [-0.3, -0.25) is 10.1 Å². The van der Waals surface area contributed by atoms with E-state index in [-0.39, 0.29) is 12.5 Å². The second-order valence-corrected chi connectivity index (χ2v) is 3.17. The lowest BCUT2D eigenvalue weighted by Gasteiger charge is -2.07. The lowest BCUT2D eigenvalue weighted by atomic mass is 10.4. The number of hydrogen-bond donors (Lipinski definition) is 2. The van der Waals surface area contributed by atoms with Crippen molar-refractivity contribution in [2.75, 3.05) is 11.9 Å². The Bertz CT molecular complexity index is 387. The monoisotopic (exact) mass is 228 g/mol. The van der Waals surface area contributed by atoms with Crippen LogP contribution in [0.15, 0.2) is 10.6 Å². The summed E-state index contributed by atoms with van der Waals surface area (Å²) in [5.41, 5.74) is 0.634. The number of hydrogen-bond acceptors (Lipinski definition) is 5. The first-order chi connectivity index (χ1) is 7.49. The molecule has 0 saturated carbocycles. The number of aryl methyl sites for hydroxylation is 1. The first-order valence-corrected chi connectivity index (χ1v) is 4.56. The molecule has 1 aromatic heterocycles. The minimum atomic E-state index is -1.12. The van der Waals surface area contributed by atoms with Gasteiger partial charge in [0.25, 0.3) is 5.91 Å². The summed E-state index contributed by atoms with van der Waals surface area (Å²) in [6.45, 7) is 2.70. The van der Waals surface area contributed by atoms with Crippen molar-refractivity contribution in [1.29, 1.82) is 0 Å². The zero-order chi connectivity index (χ0) is 12.1. The Hall–Kier alpha value is -1.89. The van der Waals surface area contributed by atoms with E-state index in [1.807, 2.05) is 0 Å².